The van der Waals surface area contributed by atoms with Crippen LogP contribution < -0.4 is 34.0 Å². The number of phenols is 4. The lowest BCUT2D eigenvalue weighted by atomic mass is 10.1. The van der Waals surface area contributed by atoms with Gasteiger partial charge in [-0.2, -0.15) is 0 Å². The summed E-state index contributed by atoms with van der Waals surface area (Å²) in [7, 11) is 8.67. The van der Waals surface area contributed by atoms with Crippen LogP contribution in [-0.2, 0) is 13.1 Å². The molecule has 2 aromatic rings. The van der Waals surface area contributed by atoms with Crippen LogP contribution in [0.1, 0.15) is 56.1 Å². The molecular formula is C27H44Br2N2O4. The predicted octanol–water partition coefficient (Wildman–Crippen LogP) is -0.899. The third-order valence-corrected chi connectivity index (χ3v) is 6.42. The highest BCUT2D eigenvalue weighted by Gasteiger charge is 2.20. The fraction of sp³-hybridized carbons (Fsp3) is 0.556. The number of nitrogens with zero attached hydrogens (tertiary/aromatic N) is 2. The Morgan fingerprint density at radius 2 is 0.829 bits per heavy atom. The minimum absolute atomic E-state index is 0. The fourth-order valence-corrected chi connectivity index (χ4v) is 4.45. The molecule has 2 rings (SSSR count). The van der Waals surface area contributed by atoms with Crippen molar-refractivity contribution in [2.75, 3.05) is 41.3 Å². The van der Waals surface area contributed by atoms with Gasteiger partial charge in [-0.05, 0) is 49.9 Å². The van der Waals surface area contributed by atoms with Crippen LogP contribution in [0.5, 0.6) is 23.0 Å². The second kappa shape index (κ2) is 15.6. The molecule has 0 saturated heterocycles. The van der Waals surface area contributed by atoms with Crippen LogP contribution in [0.2, 0.25) is 0 Å². The highest BCUT2D eigenvalue weighted by Crippen LogP contribution is 2.31. The van der Waals surface area contributed by atoms with E-state index in [4.69, 9.17) is 0 Å². The maximum atomic E-state index is 10.0. The van der Waals surface area contributed by atoms with Gasteiger partial charge in [0.15, 0.2) is 23.0 Å². The van der Waals surface area contributed by atoms with E-state index in [1.165, 1.54) is 44.2 Å². The second-order valence-corrected chi connectivity index (χ2v) is 10.7. The number of phenolic OH excluding ortho intramolecular Hbond substituents is 4. The molecule has 0 radical (unpaired) electrons. The van der Waals surface area contributed by atoms with Crippen molar-refractivity contribution in [1.82, 2.24) is 0 Å². The average Bonchev–Trinajstić information content (AvgIpc) is 2.73. The van der Waals surface area contributed by atoms with Crippen LogP contribution in [0.3, 0.4) is 0 Å². The number of aromatic hydroxyl groups is 4. The van der Waals surface area contributed by atoms with Crippen LogP contribution in [0.25, 0.3) is 0 Å². The minimum atomic E-state index is -0.0489. The fourth-order valence-electron chi connectivity index (χ4n) is 4.45. The van der Waals surface area contributed by atoms with Gasteiger partial charge in [0.05, 0.1) is 52.4 Å². The zero-order valence-electron chi connectivity index (χ0n) is 21.7. The lowest BCUT2D eigenvalue weighted by Crippen LogP contribution is -3.00. The molecule has 0 atom stereocenters. The SMILES string of the molecule is C[N+](C)(CCCCCCCCC[N+](C)(C)Cc1cccc(O)c1O)Cc1cccc(O)c1O.[Br-].[Br-]. The van der Waals surface area contributed by atoms with Crippen LogP contribution in [-0.4, -0.2) is 70.7 Å². The number of para-hydroxylation sites is 2. The summed E-state index contributed by atoms with van der Waals surface area (Å²) in [6.07, 6.45) is 8.48. The summed E-state index contributed by atoms with van der Waals surface area (Å²) in [4.78, 5) is 0. The number of quaternary nitrogens is 2. The Hall–Kier alpha value is -1.48. The first kappa shape index (κ1) is 33.5. The highest BCUT2D eigenvalue weighted by molar-refractivity contribution is 5.44. The van der Waals surface area contributed by atoms with Gasteiger partial charge in [-0.25, -0.2) is 0 Å². The Labute approximate surface area is 232 Å². The zero-order valence-corrected chi connectivity index (χ0v) is 24.9. The summed E-state index contributed by atoms with van der Waals surface area (Å²) in [6, 6.07) is 10.3. The van der Waals surface area contributed by atoms with Crippen LogP contribution in [0.4, 0.5) is 0 Å². The molecule has 0 spiro atoms. The summed E-state index contributed by atoms with van der Waals surface area (Å²) in [5, 5.41) is 39.4. The molecule has 0 aliphatic carbocycles. The van der Waals surface area contributed by atoms with E-state index in [0.29, 0.717) is 13.1 Å². The van der Waals surface area contributed by atoms with Gasteiger partial charge < -0.3 is 63.4 Å². The molecule has 0 aliphatic heterocycles. The van der Waals surface area contributed by atoms with E-state index < -0.39 is 0 Å². The van der Waals surface area contributed by atoms with E-state index in [9.17, 15) is 20.4 Å². The maximum Gasteiger partial charge on any atom is 0.166 e. The number of halogens is 2. The lowest BCUT2D eigenvalue weighted by Gasteiger charge is -2.30. The number of benzene rings is 2. The Kier molecular flexibility index (Phi) is 14.9. The summed E-state index contributed by atoms with van der Waals surface area (Å²) < 4.78 is 1.58. The van der Waals surface area contributed by atoms with Crippen molar-refractivity contribution in [2.45, 2.75) is 58.0 Å². The van der Waals surface area contributed by atoms with Crippen LogP contribution in [0, 0.1) is 0 Å². The standard InChI is InChI=1S/C27H42N2O4.2BrH/c1-28(2,20-22-14-12-16-24(30)26(22)32)18-10-8-6-5-7-9-11-19-29(3,4)21-23-15-13-17-25(31)27(23)33;;/h12-17H,5-11,18-21H2,1-4H3,(H2-2,30,31,32,33);2*1H. The molecule has 4 N–H and O–H groups in total. The Balaban J connectivity index is 0.00000578. The molecule has 0 saturated carbocycles. The summed E-state index contributed by atoms with van der Waals surface area (Å²) >= 11 is 0. The van der Waals surface area contributed by atoms with Crippen molar-refractivity contribution in [3.8, 4) is 23.0 Å². The van der Waals surface area contributed by atoms with E-state index >= 15 is 0 Å². The normalized spacial score (nSPS) is 11.5. The van der Waals surface area contributed by atoms with E-state index in [2.05, 4.69) is 28.2 Å². The van der Waals surface area contributed by atoms with E-state index in [-0.39, 0.29) is 57.0 Å². The minimum Gasteiger partial charge on any atom is -1.00 e. The summed E-state index contributed by atoms with van der Waals surface area (Å²) in [5.74, 6) is -0.0900. The predicted molar refractivity (Wildman–Crippen MR) is 133 cm³/mol. The molecule has 0 aromatic heterocycles. The monoisotopic (exact) mass is 618 g/mol. The lowest BCUT2D eigenvalue weighted by molar-refractivity contribution is -0.903. The molecular weight excluding hydrogens is 576 g/mol. The molecule has 35 heavy (non-hydrogen) atoms. The Morgan fingerprint density at radius 3 is 1.17 bits per heavy atom. The first-order valence-electron chi connectivity index (χ1n) is 12.1. The molecule has 200 valence electrons. The van der Waals surface area contributed by atoms with Gasteiger partial charge in [-0.15, -0.1) is 0 Å². The average molecular weight is 620 g/mol. The topological polar surface area (TPSA) is 80.9 Å². The Bertz CT molecular complexity index is 820. The van der Waals surface area contributed by atoms with Gasteiger partial charge >= 0.3 is 0 Å². The highest BCUT2D eigenvalue weighted by atomic mass is 79.9. The summed E-state index contributed by atoms with van der Waals surface area (Å²) in [5.41, 5.74) is 1.58. The van der Waals surface area contributed by atoms with Crippen molar-refractivity contribution in [3.05, 3.63) is 47.5 Å². The van der Waals surface area contributed by atoms with E-state index in [0.717, 1.165) is 46.0 Å². The molecule has 6 nitrogen and oxygen atoms in total. The number of hydrogen-bond acceptors (Lipinski definition) is 4. The van der Waals surface area contributed by atoms with Crippen LogP contribution in [0.15, 0.2) is 36.4 Å². The van der Waals surface area contributed by atoms with E-state index in [1.807, 2.05) is 12.1 Å². The van der Waals surface area contributed by atoms with Gasteiger partial charge in [0.2, 0.25) is 0 Å². The number of rotatable bonds is 14. The molecule has 8 heteroatoms. The van der Waals surface area contributed by atoms with Gasteiger partial charge in [-0.3, -0.25) is 0 Å². The first-order valence-corrected chi connectivity index (χ1v) is 12.1. The largest absolute Gasteiger partial charge is 1.00 e. The Morgan fingerprint density at radius 1 is 0.514 bits per heavy atom. The van der Waals surface area contributed by atoms with Crippen molar-refractivity contribution in [2.24, 2.45) is 0 Å². The van der Waals surface area contributed by atoms with Crippen molar-refractivity contribution in [1.29, 1.82) is 0 Å². The maximum absolute atomic E-state index is 10.0. The van der Waals surface area contributed by atoms with Gasteiger partial charge in [0, 0.05) is 0 Å². The number of hydrogen-bond donors (Lipinski definition) is 4. The van der Waals surface area contributed by atoms with Crippen LogP contribution >= 0.6 is 0 Å². The zero-order chi connectivity index (χ0) is 24.5. The van der Waals surface area contributed by atoms with Gasteiger partial charge in [-0.1, -0.05) is 31.4 Å². The van der Waals surface area contributed by atoms with Gasteiger partial charge in [0.1, 0.15) is 13.1 Å². The smallest absolute Gasteiger partial charge is 0.166 e. The van der Waals surface area contributed by atoms with Crippen molar-refractivity contribution in [3.63, 3.8) is 0 Å². The quantitative estimate of drug-likeness (QED) is 0.126. The molecule has 0 bridgehead atoms. The first-order chi connectivity index (χ1) is 15.5. The molecule has 2 aromatic carbocycles. The summed E-state index contributed by atoms with van der Waals surface area (Å²) in [6.45, 7) is 3.49. The molecule has 0 aliphatic rings. The van der Waals surface area contributed by atoms with Crippen molar-refractivity contribution >= 4 is 0 Å². The molecule has 0 unspecified atom stereocenters. The third-order valence-electron chi connectivity index (χ3n) is 6.42. The van der Waals surface area contributed by atoms with Crippen molar-refractivity contribution < 1.29 is 63.4 Å². The van der Waals surface area contributed by atoms with E-state index in [1.54, 1.807) is 12.1 Å². The third kappa shape index (κ3) is 11.9. The molecule has 0 fully saturated rings. The molecule has 0 amide bonds. The number of unbranched alkanes of at least 4 members (excludes halogenated alkanes) is 6. The second-order valence-electron chi connectivity index (χ2n) is 10.7. The molecule has 0 heterocycles. The van der Waals surface area contributed by atoms with Gasteiger partial charge in [0.25, 0.3) is 0 Å².